The lowest BCUT2D eigenvalue weighted by Gasteiger charge is -2.14. The highest BCUT2D eigenvalue weighted by molar-refractivity contribution is 5.78. The zero-order chi connectivity index (χ0) is 16.7. The highest BCUT2D eigenvalue weighted by Gasteiger charge is 2.08. The van der Waals surface area contributed by atoms with Crippen LogP contribution in [0, 0.1) is 6.92 Å². The Kier molecular flexibility index (Phi) is 6.21. The van der Waals surface area contributed by atoms with E-state index in [2.05, 4.69) is 25.2 Å². The number of rotatable bonds is 7. The van der Waals surface area contributed by atoms with Crippen LogP contribution in [0.25, 0.3) is 0 Å². The van der Waals surface area contributed by atoms with Gasteiger partial charge in [0.1, 0.15) is 12.4 Å². The summed E-state index contributed by atoms with van der Waals surface area (Å²) in [6.07, 6.45) is 0.412. The smallest absolute Gasteiger partial charge is 0.224 e. The van der Waals surface area contributed by atoms with E-state index in [1.54, 1.807) is 0 Å². The van der Waals surface area contributed by atoms with E-state index in [9.17, 15) is 4.79 Å². The Labute approximate surface area is 138 Å². The number of benzene rings is 2. The van der Waals surface area contributed by atoms with Gasteiger partial charge >= 0.3 is 0 Å². The van der Waals surface area contributed by atoms with E-state index in [0.29, 0.717) is 25.5 Å². The molecule has 0 radical (unpaired) electrons. The van der Waals surface area contributed by atoms with E-state index in [4.69, 9.17) is 4.74 Å². The van der Waals surface area contributed by atoms with Crippen molar-refractivity contribution in [3.63, 3.8) is 0 Å². The summed E-state index contributed by atoms with van der Waals surface area (Å²) in [5.41, 5.74) is 3.40. The Morgan fingerprint density at radius 1 is 1.09 bits per heavy atom. The number of nitrogens with one attached hydrogen (secondary N) is 1. The predicted molar refractivity (Wildman–Crippen MR) is 93.9 cm³/mol. The van der Waals surface area contributed by atoms with Crippen molar-refractivity contribution in [2.75, 3.05) is 13.2 Å². The van der Waals surface area contributed by atoms with Gasteiger partial charge in [-0.1, -0.05) is 56.3 Å². The van der Waals surface area contributed by atoms with Crippen molar-refractivity contribution < 1.29 is 9.53 Å². The van der Waals surface area contributed by atoms with Gasteiger partial charge < -0.3 is 10.1 Å². The molecule has 122 valence electrons. The summed E-state index contributed by atoms with van der Waals surface area (Å²) in [4.78, 5) is 12.0. The summed E-state index contributed by atoms with van der Waals surface area (Å²) in [5.74, 6) is 1.34. The number of hydrogen-bond donors (Lipinski definition) is 1. The molecule has 0 aliphatic rings. The number of aryl methyl sites for hydroxylation is 1. The van der Waals surface area contributed by atoms with E-state index in [0.717, 1.165) is 16.9 Å². The number of amides is 1. The van der Waals surface area contributed by atoms with Gasteiger partial charge in [-0.2, -0.15) is 0 Å². The molecule has 1 amide bonds. The molecule has 2 aromatic carbocycles. The topological polar surface area (TPSA) is 38.3 Å². The third-order valence-electron chi connectivity index (χ3n) is 3.84. The second kappa shape index (κ2) is 8.37. The largest absolute Gasteiger partial charge is 0.491 e. The van der Waals surface area contributed by atoms with Crippen LogP contribution in [0.4, 0.5) is 0 Å². The zero-order valence-electron chi connectivity index (χ0n) is 14.1. The summed E-state index contributed by atoms with van der Waals surface area (Å²) in [5, 5.41) is 2.91. The molecule has 3 heteroatoms. The van der Waals surface area contributed by atoms with Crippen molar-refractivity contribution in [3.05, 3.63) is 65.2 Å². The van der Waals surface area contributed by atoms with Crippen molar-refractivity contribution in [3.8, 4) is 5.75 Å². The van der Waals surface area contributed by atoms with Crippen LogP contribution in [0.1, 0.15) is 36.5 Å². The average molecular weight is 311 g/mol. The SMILES string of the molecule is Cc1ccccc1CC(=O)NCCOc1ccccc1C(C)C. The first kappa shape index (κ1) is 17.1. The molecule has 0 aliphatic carbocycles. The van der Waals surface area contributed by atoms with Crippen LogP contribution in [-0.2, 0) is 11.2 Å². The van der Waals surface area contributed by atoms with Crippen molar-refractivity contribution in [2.24, 2.45) is 0 Å². The van der Waals surface area contributed by atoms with E-state index >= 15 is 0 Å². The van der Waals surface area contributed by atoms with Crippen molar-refractivity contribution in [1.82, 2.24) is 5.32 Å². The lowest BCUT2D eigenvalue weighted by Crippen LogP contribution is -2.29. The quantitative estimate of drug-likeness (QED) is 0.789. The Morgan fingerprint density at radius 2 is 1.78 bits per heavy atom. The number of ether oxygens (including phenoxy) is 1. The highest BCUT2D eigenvalue weighted by atomic mass is 16.5. The zero-order valence-corrected chi connectivity index (χ0v) is 14.1. The molecule has 2 rings (SSSR count). The molecule has 0 atom stereocenters. The molecule has 2 aromatic rings. The first-order chi connectivity index (χ1) is 11.1. The van der Waals surface area contributed by atoms with Gasteiger partial charge in [0, 0.05) is 0 Å². The predicted octanol–water partition coefficient (Wildman–Crippen LogP) is 3.86. The maximum absolute atomic E-state index is 12.0. The number of para-hydroxylation sites is 1. The molecule has 1 N–H and O–H groups in total. The summed E-state index contributed by atoms with van der Waals surface area (Å²) < 4.78 is 5.81. The second-order valence-electron chi connectivity index (χ2n) is 5.99. The van der Waals surface area contributed by atoms with Crippen LogP contribution in [0.2, 0.25) is 0 Å². The first-order valence-electron chi connectivity index (χ1n) is 8.11. The molecule has 23 heavy (non-hydrogen) atoms. The number of carbonyl (C=O) groups is 1. The lowest BCUT2D eigenvalue weighted by molar-refractivity contribution is -0.120. The van der Waals surface area contributed by atoms with E-state index in [1.165, 1.54) is 5.56 Å². The molecule has 3 nitrogen and oxygen atoms in total. The molecule has 0 unspecified atom stereocenters. The fraction of sp³-hybridized carbons (Fsp3) is 0.350. The van der Waals surface area contributed by atoms with Crippen molar-refractivity contribution in [2.45, 2.75) is 33.1 Å². The van der Waals surface area contributed by atoms with E-state index in [1.807, 2.05) is 49.4 Å². The molecule has 0 heterocycles. The fourth-order valence-corrected chi connectivity index (χ4v) is 2.48. The number of carbonyl (C=O) groups excluding carboxylic acids is 1. The summed E-state index contributed by atoms with van der Waals surface area (Å²) in [6.45, 7) is 7.30. The summed E-state index contributed by atoms with van der Waals surface area (Å²) in [6, 6.07) is 16.0. The maximum Gasteiger partial charge on any atom is 0.224 e. The molecule has 0 spiro atoms. The standard InChI is InChI=1S/C20H25NO2/c1-15(2)18-10-6-7-11-19(18)23-13-12-21-20(22)14-17-9-5-4-8-16(17)3/h4-11,15H,12-14H2,1-3H3,(H,21,22). The van der Waals surface area contributed by atoms with Gasteiger partial charge in [0.05, 0.1) is 13.0 Å². The molecule has 0 bridgehead atoms. The minimum absolute atomic E-state index is 0.0278. The molecule has 0 fully saturated rings. The second-order valence-corrected chi connectivity index (χ2v) is 5.99. The normalized spacial score (nSPS) is 10.6. The molecule has 0 saturated heterocycles. The third-order valence-corrected chi connectivity index (χ3v) is 3.84. The first-order valence-corrected chi connectivity index (χ1v) is 8.11. The summed E-state index contributed by atoms with van der Waals surface area (Å²) in [7, 11) is 0. The molecule has 0 aliphatic heterocycles. The van der Waals surface area contributed by atoms with Gasteiger partial charge in [-0.3, -0.25) is 4.79 Å². The van der Waals surface area contributed by atoms with Crippen LogP contribution in [0.15, 0.2) is 48.5 Å². The monoisotopic (exact) mass is 311 g/mol. The van der Waals surface area contributed by atoms with E-state index < -0.39 is 0 Å². The van der Waals surface area contributed by atoms with Gasteiger partial charge in [0.2, 0.25) is 5.91 Å². The van der Waals surface area contributed by atoms with Crippen LogP contribution in [0.5, 0.6) is 5.75 Å². The van der Waals surface area contributed by atoms with Crippen LogP contribution < -0.4 is 10.1 Å². The average Bonchev–Trinajstić information content (AvgIpc) is 2.54. The van der Waals surface area contributed by atoms with Gasteiger partial charge in [-0.15, -0.1) is 0 Å². The van der Waals surface area contributed by atoms with Crippen LogP contribution in [-0.4, -0.2) is 19.1 Å². The van der Waals surface area contributed by atoms with Gasteiger partial charge in [0.15, 0.2) is 0 Å². The Morgan fingerprint density at radius 3 is 2.52 bits per heavy atom. The Hall–Kier alpha value is -2.29. The minimum Gasteiger partial charge on any atom is -0.491 e. The minimum atomic E-state index is 0.0278. The van der Waals surface area contributed by atoms with Gasteiger partial charge in [-0.25, -0.2) is 0 Å². The molecule has 0 aromatic heterocycles. The molecular formula is C20H25NO2. The van der Waals surface area contributed by atoms with Crippen molar-refractivity contribution in [1.29, 1.82) is 0 Å². The maximum atomic E-state index is 12.0. The third kappa shape index (κ3) is 5.13. The highest BCUT2D eigenvalue weighted by Crippen LogP contribution is 2.25. The Bertz CT molecular complexity index is 650. The van der Waals surface area contributed by atoms with Crippen molar-refractivity contribution >= 4 is 5.91 Å². The number of hydrogen-bond acceptors (Lipinski definition) is 2. The lowest BCUT2D eigenvalue weighted by atomic mass is 10.0. The van der Waals surface area contributed by atoms with Crippen LogP contribution in [0.3, 0.4) is 0 Å². The van der Waals surface area contributed by atoms with Gasteiger partial charge in [-0.05, 0) is 35.6 Å². The Balaban J connectivity index is 1.78. The molecular weight excluding hydrogens is 286 g/mol. The molecule has 0 saturated carbocycles. The van der Waals surface area contributed by atoms with E-state index in [-0.39, 0.29) is 5.91 Å². The fourth-order valence-electron chi connectivity index (χ4n) is 2.48. The summed E-state index contributed by atoms with van der Waals surface area (Å²) >= 11 is 0. The van der Waals surface area contributed by atoms with Gasteiger partial charge in [0.25, 0.3) is 0 Å². The van der Waals surface area contributed by atoms with Crippen LogP contribution >= 0.6 is 0 Å².